The van der Waals surface area contributed by atoms with Crippen LogP contribution in [-0.4, -0.2) is 37.1 Å². The van der Waals surface area contributed by atoms with Crippen LogP contribution in [0.25, 0.3) is 0 Å². The van der Waals surface area contributed by atoms with Crippen molar-refractivity contribution in [3.63, 3.8) is 0 Å². The molecule has 27 heavy (non-hydrogen) atoms. The number of nitrogens with one attached hydrogen (secondary N) is 1. The van der Waals surface area contributed by atoms with E-state index in [-0.39, 0.29) is 23.9 Å². The smallest absolute Gasteiger partial charge is 0.317 e. The van der Waals surface area contributed by atoms with E-state index in [9.17, 15) is 9.18 Å². The number of hydrogen-bond donors (Lipinski definition) is 1. The number of rotatable bonds is 3. The largest absolute Gasteiger partial charge is 0.369 e. The molecule has 1 saturated heterocycles. The van der Waals surface area contributed by atoms with Crippen molar-refractivity contribution >= 4 is 11.7 Å². The highest BCUT2D eigenvalue weighted by molar-refractivity contribution is 5.75. The van der Waals surface area contributed by atoms with Crippen LogP contribution in [0.3, 0.4) is 0 Å². The predicted molar refractivity (Wildman–Crippen MR) is 105 cm³/mol. The van der Waals surface area contributed by atoms with Crippen LogP contribution in [0, 0.1) is 5.82 Å². The summed E-state index contributed by atoms with van der Waals surface area (Å²) < 4.78 is 13.6. The Morgan fingerprint density at radius 3 is 2.81 bits per heavy atom. The number of carbonyl (C=O) groups is 1. The van der Waals surface area contributed by atoms with E-state index >= 15 is 0 Å². The highest BCUT2D eigenvalue weighted by atomic mass is 19.1. The van der Waals surface area contributed by atoms with E-state index < -0.39 is 0 Å². The van der Waals surface area contributed by atoms with Gasteiger partial charge in [0.1, 0.15) is 5.82 Å². The Labute approximate surface area is 160 Å². The molecule has 4 nitrogen and oxygen atoms in total. The average Bonchev–Trinajstić information content (AvgIpc) is 3.10. The third-order valence-electron chi connectivity index (χ3n) is 5.87. The van der Waals surface area contributed by atoms with Gasteiger partial charge < -0.3 is 15.1 Å². The molecule has 2 amide bonds. The third-order valence-corrected chi connectivity index (χ3v) is 5.87. The summed E-state index contributed by atoms with van der Waals surface area (Å²) in [6, 6.07) is 15.2. The van der Waals surface area contributed by atoms with E-state index in [1.165, 1.54) is 11.8 Å². The van der Waals surface area contributed by atoms with Gasteiger partial charge in [0.2, 0.25) is 0 Å². The molecule has 2 aliphatic rings. The first-order chi connectivity index (χ1) is 13.1. The molecular weight excluding hydrogens is 341 g/mol. The van der Waals surface area contributed by atoms with E-state index in [4.69, 9.17) is 0 Å². The topological polar surface area (TPSA) is 35.6 Å². The van der Waals surface area contributed by atoms with Gasteiger partial charge in [-0.25, -0.2) is 9.18 Å². The van der Waals surface area contributed by atoms with Crippen LogP contribution >= 0.6 is 0 Å². The molecule has 4 rings (SSSR count). The van der Waals surface area contributed by atoms with Crippen LogP contribution in [0.15, 0.2) is 48.5 Å². The van der Waals surface area contributed by atoms with Crippen molar-refractivity contribution in [2.24, 2.45) is 0 Å². The molecule has 0 radical (unpaired) electrons. The van der Waals surface area contributed by atoms with E-state index in [0.717, 1.165) is 49.9 Å². The molecule has 1 N–H and O–H groups in total. The van der Waals surface area contributed by atoms with Crippen molar-refractivity contribution in [1.29, 1.82) is 0 Å². The summed E-state index contributed by atoms with van der Waals surface area (Å²) in [5.74, 6) is -0.242. The Morgan fingerprint density at radius 2 is 2.00 bits per heavy atom. The number of urea groups is 1. The molecule has 1 fully saturated rings. The van der Waals surface area contributed by atoms with Gasteiger partial charge in [0, 0.05) is 25.8 Å². The summed E-state index contributed by atoms with van der Waals surface area (Å²) in [7, 11) is 1.87. The van der Waals surface area contributed by atoms with Gasteiger partial charge in [0.25, 0.3) is 0 Å². The van der Waals surface area contributed by atoms with Crippen LogP contribution in [-0.2, 0) is 6.42 Å². The minimum atomic E-state index is -0.242. The number of amides is 2. The summed E-state index contributed by atoms with van der Waals surface area (Å²) in [6.07, 6.45) is 3.78. The summed E-state index contributed by atoms with van der Waals surface area (Å²) >= 11 is 0. The first-order valence-electron chi connectivity index (χ1n) is 9.73. The van der Waals surface area contributed by atoms with Crippen molar-refractivity contribution in [3.05, 3.63) is 65.5 Å². The lowest BCUT2D eigenvalue weighted by molar-refractivity contribution is 0.179. The molecule has 0 spiro atoms. The number of para-hydroxylation sites is 1. The van der Waals surface area contributed by atoms with E-state index in [1.54, 1.807) is 6.07 Å². The van der Waals surface area contributed by atoms with E-state index in [2.05, 4.69) is 22.3 Å². The van der Waals surface area contributed by atoms with Gasteiger partial charge in [-0.3, -0.25) is 0 Å². The molecular formula is C22H26FN3O. The van der Waals surface area contributed by atoms with Gasteiger partial charge in [-0.1, -0.05) is 24.3 Å². The van der Waals surface area contributed by atoms with Gasteiger partial charge in [0.15, 0.2) is 0 Å². The Kier molecular flexibility index (Phi) is 5.01. The Bertz CT molecular complexity index is 810. The van der Waals surface area contributed by atoms with Gasteiger partial charge in [-0.15, -0.1) is 0 Å². The SMILES string of the molecule is CN(C(=O)NC1CCc2ccc(F)cc21)C1CCCN(c2ccccc2)C1. The van der Waals surface area contributed by atoms with Crippen LogP contribution in [0.5, 0.6) is 0 Å². The van der Waals surface area contributed by atoms with Crippen LogP contribution in [0.1, 0.15) is 36.4 Å². The maximum absolute atomic E-state index is 13.6. The maximum Gasteiger partial charge on any atom is 0.317 e. The van der Waals surface area contributed by atoms with E-state index in [1.807, 2.05) is 36.2 Å². The van der Waals surface area contributed by atoms with Crippen molar-refractivity contribution < 1.29 is 9.18 Å². The number of halogens is 1. The monoisotopic (exact) mass is 367 g/mol. The molecule has 1 aliphatic carbocycles. The van der Waals surface area contributed by atoms with Gasteiger partial charge in [-0.2, -0.15) is 0 Å². The lowest BCUT2D eigenvalue weighted by atomic mass is 10.0. The Balaban J connectivity index is 1.40. The zero-order valence-electron chi connectivity index (χ0n) is 15.7. The lowest BCUT2D eigenvalue weighted by Crippen LogP contribution is -2.51. The number of nitrogens with zero attached hydrogens (tertiary/aromatic N) is 2. The predicted octanol–water partition coefficient (Wildman–Crippen LogP) is 4.12. The number of carbonyl (C=O) groups excluding carboxylic acids is 1. The molecule has 1 aliphatic heterocycles. The molecule has 2 aromatic carbocycles. The molecule has 142 valence electrons. The first-order valence-corrected chi connectivity index (χ1v) is 9.73. The lowest BCUT2D eigenvalue weighted by Gasteiger charge is -2.39. The number of hydrogen-bond acceptors (Lipinski definition) is 2. The minimum absolute atomic E-state index is 0.0722. The Hall–Kier alpha value is -2.56. The van der Waals surface area contributed by atoms with Crippen molar-refractivity contribution in [3.8, 4) is 0 Å². The van der Waals surface area contributed by atoms with Crippen molar-refractivity contribution in [2.75, 3.05) is 25.0 Å². The summed E-state index contributed by atoms with van der Waals surface area (Å²) in [6.45, 7) is 1.86. The third kappa shape index (κ3) is 3.77. The number of likely N-dealkylation sites (N-methyl/N-ethyl adjacent to an activating group) is 1. The van der Waals surface area contributed by atoms with Crippen LogP contribution in [0.4, 0.5) is 14.9 Å². The maximum atomic E-state index is 13.6. The molecule has 0 bridgehead atoms. The average molecular weight is 367 g/mol. The number of anilines is 1. The second-order valence-electron chi connectivity index (χ2n) is 7.57. The highest BCUT2D eigenvalue weighted by Crippen LogP contribution is 2.32. The first kappa shape index (κ1) is 17.8. The van der Waals surface area contributed by atoms with Crippen molar-refractivity contribution in [2.45, 2.75) is 37.8 Å². The number of fused-ring (bicyclic) bond motifs is 1. The summed E-state index contributed by atoms with van der Waals surface area (Å²) in [5.41, 5.74) is 3.26. The normalized spacial score (nSPS) is 21.6. The van der Waals surface area contributed by atoms with Gasteiger partial charge in [-0.05, 0) is 61.1 Å². The molecule has 2 aromatic rings. The highest BCUT2D eigenvalue weighted by Gasteiger charge is 2.29. The van der Waals surface area contributed by atoms with Crippen LogP contribution < -0.4 is 10.2 Å². The fourth-order valence-electron chi connectivity index (χ4n) is 4.28. The minimum Gasteiger partial charge on any atom is -0.369 e. The fourth-order valence-corrected chi connectivity index (χ4v) is 4.28. The van der Waals surface area contributed by atoms with E-state index in [0.29, 0.717) is 0 Å². The van der Waals surface area contributed by atoms with Crippen molar-refractivity contribution in [1.82, 2.24) is 10.2 Å². The summed E-state index contributed by atoms with van der Waals surface area (Å²) in [4.78, 5) is 17.0. The molecule has 0 aromatic heterocycles. The van der Waals surface area contributed by atoms with Gasteiger partial charge in [0.05, 0.1) is 12.1 Å². The molecule has 2 unspecified atom stereocenters. The number of aryl methyl sites for hydroxylation is 1. The van der Waals surface area contributed by atoms with Gasteiger partial charge >= 0.3 is 6.03 Å². The zero-order valence-corrected chi connectivity index (χ0v) is 15.7. The zero-order chi connectivity index (χ0) is 18.8. The molecule has 5 heteroatoms. The molecule has 0 saturated carbocycles. The second kappa shape index (κ2) is 7.59. The molecule has 2 atom stereocenters. The standard InChI is InChI=1S/C22H26FN3O/c1-25(19-8-5-13-26(15-19)18-6-3-2-4-7-18)22(27)24-21-12-10-16-9-11-17(23)14-20(16)21/h2-4,6-7,9,11,14,19,21H,5,8,10,12-13,15H2,1H3,(H,24,27). The van der Waals surface area contributed by atoms with Crippen LogP contribution in [0.2, 0.25) is 0 Å². The Morgan fingerprint density at radius 1 is 1.19 bits per heavy atom. The summed E-state index contributed by atoms with van der Waals surface area (Å²) in [5, 5.41) is 3.12. The fraction of sp³-hybridized carbons (Fsp3) is 0.409. The second-order valence-corrected chi connectivity index (χ2v) is 7.57. The number of benzene rings is 2. The quantitative estimate of drug-likeness (QED) is 0.886. The molecule has 1 heterocycles. The number of piperidine rings is 1.